The fraction of sp³-hybridized carbons (Fsp3) is 0.364. The van der Waals surface area contributed by atoms with Crippen LogP contribution in [0, 0.1) is 0 Å². The number of halogens is 1. The van der Waals surface area contributed by atoms with E-state index in [4.69, 9.17) is 19.9 Å². The van der Waals surface area contributed by atoms with Crippen molar-refractivity contribution in [3.63, 3.8) is 0 Å². The van der Waals surface area contributed by atoms with Crippen LogP contribution in [-0.2, 0) is 30.3 Å². The average Bonchev–Trinajstić information content (AvgIpc) is 3.25. The van der Waals surface area contributed by atoms with Gasteiger partial charge in [0.25, 0.3) is 0 Å². The fourth-order valence-corrected chi connectivity index (χ4v) is 3.89. The summed E-state index contributed by atoms with van der Waals surface area (Å²) in [6.45, 7) is 1.87. The minimum absolute atomic E-state index is 0.0366. The molecule has 0 bridgehead atoms. The van der Waals surface area contributed by atoms with Gasteiger partial charge in [0.1, 0.15) is 24.5 Å². The van der Waals surface area contributed by atoms with Gasteiger partial charge < -0.3 is 19.9 Å². The van der Waals surface area contributed by atoms with Crippen molar-refractivity contribution in [1.82, 2.24) is 19.1 Å². The highest BCUT2D eigenvalue weighted by Crippen LogP contribution is 2.35. The van der Waals surface area contributed by atoms with Gasteiger partial charge in [-0.1, -0.05) is 24.3 Å². The Morgan fingerprint density at radius 3 is 2.57 bits per heavy atom. The molecule has 35 heavy (non-hydrogen) atoms. The van der Waals surface area contributed by atoms with Crippen molar-refractivity contribution in [3.8, 4) is 0 Å². The number of benzene rings is 1. The lowest BCUT2D eigenvalue weighted by Gasteiger charge is -2.19. The number of hydrogen-bond acceptors (Lipinski definition) is 10. The molecule has 4 atom stereocenters. The third-order valence-corrected chi connectivity index (χ3v) is 5.45. The van der Waals surface area contributed by atoms with Crippen LogP contribution >= 0.6 is 0 Å². The van der Waals surface area contributed by atoms with Crippen LogP contribution in [0.3, 0.4) is 0 Å². The van der Waals surface area contributed by atoms with E-state index in [0.29, 0.717) is 17.4 Å². The Balaban J connectivity index is 1.80. The lowest BCUT2D eigenvalue weighted by Crippen LogP contribution is -2.37. The summed E-state index contributed by atoms with van der Waals surface area (Å²) >= 11 is 0. The molecule has 3 heterocycles. The van der Waals surface area contributed by atoms with E-state index in [1.807, 2.05) is 0 Å². The molecular formula is C22H22FN5O7. The molecule has 0 amide bonds. The Kier molecular flexibility index (Phi) is 6.60. The summed E-state index contributed by atoms with van der Waals surface area (Å²) in [5.41, 5.74) is 6.56. The standard InChI is InChI=1S/C22H22FN5O7/c1-11(30)33-10-16-17(23)18(34-12(2)31)20(35-16)28-19-15(7-25-21(24)26-19)27(22(28)32)8-13-3-5-14(9-29)6-4-13/h3-7,9,16-18,20H,8,10H2,1-2H3,(H2,24,25,26)/t16-,17-,18-,20-/m1/s1. The number of nitrogens with two attached hydrogens (primary N) is 1. The maximum absolute atomic E-state index is 15.2. The van der Waals surface area contributed by atoms with E-state index < -0.39 is 48.8 Å². The molecule has 1 aromatic carbocycles. The Hall–Kier alpha value is -4.13. The van der Waals surface area contributed by atoms with Crippen molar-refractivity contribution in [2.75, 3.05) is 12.3 Å². The Labute approximate surface area is 197 Å². The first-order valence-electron chi connectivity index (χ1n) is 10.6. The molecule has 184 valence electrons. The van der Waals surface area contributed by atoms with Crippen molar-refractivity contribution in [2.45, 2.75) is 45.0 Å². The number of aromatic nitrogens is 4. The van der Waals surface area contributed by atoms with E-state index in [1.165, 1.54) is 10.8 Å². The third-order valence-electron chi connectivity index (χ3n) is 5.45. The minimum Gasteiger partial charge on any atom is -0.463 e. The van der Waals surface area contributed by atoms with E-state index >= 15 is 4.39 Å². The van der Waals surface area contributed by atoms with Crippen molar-refractivity contribution in [3.05, 3.63) is 52.1 Å². The molecule has 13 heteroatoms. The molecule has 12 nitrogen and oxygen atoms in total. The number of ether oxygens (including phenoxy) is 3. The highest BCUT2D eigenvalue weighted by atomic mass is 19.1. The second kappa shape index (κ2) is 9.62. The van der Waals surface area contributed by atoms with Gasteiger partial charge in [-0.2, -0.15) is 4.98 Å². The monoisotopic (exact) mass is 487 g/mol. The van der Waals surface area contributed by atoms with Crippen LogP contribution in [0.4, 0.5) is 10.3 Å². The summed E-state index contributed by atoms with van der Waals surface area (Å²) in [6.07, 6.45) is -4.10. The summed E-state index contributed by atoms with van der Waals surface area (Å²) in [4.78, 5) is 55.5. The lowest BCUT2D eigenvalue weighted by molar-refractivity contribution is -0.154. The van der Waals surface area contributed by atoms with Gasteiger partial charge in [0.15, 0.2) is 24.2 Å². The van der Waals surface area contributed by atoms with Crippen LogP contribution in [0.2, 0.25) is 0 Å². The van der Waals surface area contributed by atoms with E-state index in [2.05, 4.69) is 9.97 Å². The van der Waals surface area contributed by atoms with Crippen molar-refractivity contribution in [1.29, 1.82) is 0 Å². The molecule has 1 aliphatic rings. The van der Waals surface area contributed by atoms with Crippen LogP contribution in [0.1, 0.15) is 36.0 Å². The zero-order chi connectivity index (χ0) is 25.3. The van der Waals surface area contributed by atoms with Gasteiger partial charge >= 0.3 is 17.6 Å². The molecule has 1 aliphatic heterocycles. The number of carbonyl (C=O) groups is 3. The second-order valence-electron chi connectivity index (χ2n) is 7.92. The van der Waals surface area contributed by atoms with Crippen LogP contribution in [0.15, 0.2) is 35.3 Å². The lowest BCUT2D eigenvalue weighted by atomic mass is 10.1. The van der Waals surface area contributed by atoms with Crippen molar-refractivity contribution >= 4 is 35.3 Å². The van der Waals surface area contributed by atoms with Crippen LogP contribution < -0.4 is 11.4 Å². The number of esters is 2. The van der Waals surface area contributed by atoms with Gasteiger partial charge in [0, 0.05) is 19.4 Å². The SMILES string of the molecule is CC(=O)OC[C@H]1O[C@@H](n2c(=O)n(Cc3ccc(C=O)cc3)c3cnc(N)nc32)[C@H](OC(C)=O)[C@@H]1F. The summed E-state index contributed by atoms with van der Waals surface area (Å²) in [7, 11) is 0. The first kappa shape index (κ1) is 24.0. The number of rotatable bonds is 7. The summed E-state index contributed by atoms with van der Waals surface area (Å²) < 4.78 is 33.4. The van der Waals surface area contributed by atoms with E-state index in [0.717, 1.165) is 18.4 Å². The number of carbonyl (C=O) groups excluding carboxylic acids is 3. The topological polar surface area (TPSA) is 158 Å². The minimum atomic E-state index is -1.90. The molecule has 0 aliphatic carbocycles. The van der Waals surface area contributed by atoms with Gasteiger partial charge in [0.2, 0.25) is 5.95 Å². The zero-order valence-corrected chi connectivity index (χ0v) is 18.8. The summed E-state index contributed by atoms with van der Waals surface area (Å²) in [6, 6.07) is 6.56. The van der Waals surface area contributed by atoms with Gasteiger partial charge in [-0.3, -0.25) is 19.0 Å². The molecule has 1 fully saturated rings. The number of anilines is 1. The summed E-state index contributed by atoms with van der Waals surface area (Å²) in [5.74, 6) is -1.59. The van der Waals surface area contributed by atoms with E-state index in [-0.39, 0.29) is 23.7 Å². The number of aldehydes is 1. The first-order valence-corrected chi connectivity index (χ1v) is 10.6. The quantitative estimate of drug-likeness (QED) is 0.373. The molecule has 1 saturated heterocycles. The molecule has 2 aromatic heterocycles. The smallest absolute Gasteiger partial charge is 0.332 e. The van der Waals surface area contributed by atoms with Crippen molar-refractivity contribution in [2.24, 2.45) is 0 Å². The molecule has 4 rings (SSSR count). The van der Waals surface area contributed by atoms with Gasteiger partial charge in [0.05, 0.1) is 12.7 Å². The van der Waals surface area contributed by atoms with Gasteiger partial charge in [-0.05, 0) is 5.56 Å². The number of fused-ring (bicyclic) bond motifs is 1. The molecule has 0 spiro atoms. The van der Waals surface area contributed by atoms with Gasteiger partial charge in [-0.25, -0.2) is 18.7 Å². The van der Waals surface area contributed by atoms with Crippen LogP contribution in [0.25, 0.3) is 11.2 Å². The highest BCUT2D eigenvalue weighted by Gasteiger charge is 2.50. The molecular weight excluding hydrogens is 465 g/mol. The molecule has 0 saturated carbocycles. The highest BCUT2D eigenvalue weighted by molar-refractivity contribution is 5.75. The molecule has 2 N–H and O–H groups in total. The van der Waals surface area contributed by atoms with Crippen molar-refractivity contribution < 1.29 is 33.0 Å². The largest absolute Gasteiger partial charge is 0.463 e. The zero-order valence-electron chi connectivity index (χ0n) is 18.8. The average molecular weight is 487 g/mol. The molecule has 0 unspecified atom stereocenters. The predicted molar refractivity (Wildman–Crippen MR) is 118 cm³/mol. The second-order valence-corrected chi connectivity index (χ2v) is 7.92. The fourth-order valence-electron chi connectivity index (χ4n) is 3.89. The Morgan fingerprint density at radius 2 is 1.94 bits per heavy atom. The maximum Gasteiger partial charge on any atom is 0.332 e. The Morgan fingerprint density at radius 1 is 1.23 bits per heavy atom. The van der Waals surface area contributed by atoms with Crippen LogP contribution in [-0.4, -0.2) is 62.3 Å². The molecule has 3 aromatic rings. The number of nitrogens with zero attached hydrogens (tertiary/aromatic N) is 4. The Bertz CT molecular complexity index is 1340. The number of hydrogen-bond donors (Lipinski definition) is 1. The molecule has 0 radical (unpaired) electrons. The van der Waals surface area contributed by atoms with Gasteiger partial charge in [-0.15, -0.1) is 0 Å². The van der Waals surface area contributed by atoms with Crippen LogP contribution in [0.5, 0.6) is 0 Å². The first-order chi connectivity index (χ1) is 16.7. The van der Waals surface area contributed by atoms with E-state index in [1.54, 1.807) is 24.3 Å². The number of nitrogen functional groups attached to an aromatic ring is 1. The van der Waals surface area contributed by atoms with E-state index in [9.17, 15) is 19.2 Å². The normalized spacial score (nSPS) is 21.7. The maximum atomic E-state index is 15.2. The predicted octanol–water partition coefficient (Wildman–Crippen LogP) is 0.766. The summed E-state index contributed by atoms with van der Waals surface area (Å²) in [5, 5.41) is 0. The third kappa shape index (κ3) is 4.75. The number of imidazole rings is 1. The number of alkyl halides is 1.